The van der Waals surface area contributed by atoms with Crippen LogP contribution in [0.25, 0.3) is 0 Å². The summed E-state index contributed by atoms with van der Waals surface area (Å²) < 4.78 is 14.1. The summed E-state index contributed by atoms with van der Waals surface area (Å²) >= 11 is 0. The summed E-state index contributed by atoms with van der Waals surface area (Å²) in [4.78, 5) is 4.54. The van der Waals surface area contributed by atoms with E-state index in [0.29, 0.717) is 23.7 Å². The number of piperazine rings is 1. The predicted molar refractivity (Wildman–Crippen MR) is 76.3 cm³/mol. The molecule has 0 spiro atoms. The summed E-state index contributed by atoms with van der Waals surface area (Å²) in [6, 6.07) is 5.09. The van der Waals surface area contributed by atoms with E-state index >= 15 is 0 Å². The van der Waals surface area contributed by atoms with E-state index < -0.39 is 0 Å². The van der Waals surface area contributed by atoms with Crippen LogP contribution in [0.15, 0.2) is 23.4 Å². The van der Waals surface area contributed by atoms with E-state index in [1.165, 1.54) is 6.07 Å². The molecule has 1 atom stereocenters. The highest BCUT2D eigenvalue weighted by atomic mass is 19.1. The molecule has 1 aromatic carbocycles. The van der Waals surface area contributed by atoms with Gasteiger partial charge in [-0.25, -0.2) is 4.39 Å². The van der Waals surface area contributed by atoms with E-state index in [9.17, 15) is 4.39 Å². The summed E-state index contributed by atoms with van der Waals surface area (Å²) in [5, 5.41) is 11.5. The maximum atomic E-state index is 14.1. The molecule has 0 saturated carbocycles. The van der Waals surface area contributed by atoms with Gasteiger partial charge >= 0.3 is 0 Å². The van der Waals surface area contributed by atoms with Gasteiger partial charge < -0.3 is 15.8 Å². The molecular weight excluding hydrogens is 259 g/mol. The Morgan fingerprint density at radius 3 is 2.85 bits per heavy atom. The topological polar surface area (TPSA) is 65.1 Å². The summed E-state index contributed by atoms with van der Waals surface area (Å²) in [7, 11) is 2.10. The molecule has 1 heterocycles. The molecule has 1 fully saturated rings. The number of likely N-dealkylation sites (N-methyl/N-ethyl adjacent to an activating group) is 1. The van der Waals surface area contributed by atoms with Crippen molar-refractivity contribution in [2.24, 2.45) is 10.9 Å². The van der Waals surface area contributed by atoms with Crippen molar-refractivity contribution in [1.29, 1.82) is 0 Å². The van der Waals surface area contributed by atoms with E-state index in [-0.39, 0.29) is 11.7 Å². The molecule has 1 unspecified atom stereocenters. The Labute approximate surface area is 118 Å². The summed E-state index contributed by atoms with van der Waals surface area (Å²) in [5.41, 5.74) is 6.48. The van der Waals surface area contributed by atoms with E-state index in [2.05, 4.69) is 28.9 Å². The van der Waals surface area contributed by atoms with Crippen molar-refractivity contribution < 1.29 is 9.60 Å². The minimum atomic E-state index is -0.319. The van der Waals surface area contributed by atoms with Gasteiger partial charge in [-0.15, -0.1) is 0 Å². The van der Waals surface area contributed by atoms with Crippen molar-refractivity contribution in [3.05, 3.63) is 35.1 Å². The van der Waals surface area contributed by atoms with E-state index in [0.717, 1.165) is 19.6 Å². The van der Waals surface area contributed by atoms with Crippen molar-refractivity contribution in [2.75, 3.05) is 26.7 Å². The Balaban J connectivity index is 2.10. The Bertz CT molecular complexity index is 506. The largest absolute Gasteiger partial charge is 0.409 e. The number of oxime groups is 1. The summed E-state index contributed by atoms with van der Waals surface area (Å²) in [6.07, 6.45) is 0. The standard InChI is InChI=1S/C14H21FN4O/c1-10-8-18(2)5-6-19(10)9-12-4-3-11(7-13(12)15)14(16)17-20/h3-4,7,10,20H,5-6,8-9H2,1-2H3,(H2,16,17). The van der Waals surface area contributed by atoms with Gasteiger partial charge in [-0.05, 0) is 20.0 Å². The number of nitrogens with zero attached hydrogens (tertiary/aromatic N) is 3. The summed E-state index contributed by atoms with van der Waals surface area (Å²) in [5.74, 6) is -0.399. The molecular formula is C14H21FN4O. The van der Waals surface area contributed by atoms with Gasteiger partial charge in [0.2, 0.25) is 0 Å². The van der Waals surface area contributed by atoms with Gasteiger partial charge in [0.15, 0.2) is 5.84 Å². The second-order valence-corrected chi connectivity index (χ2v) is 5.37. The third-order valence-electron chi connectivity index (χ3n) is 3.80. The lowest BCUT2D eigenvalue weighted by atomic mass is 10.1. The van der Waals surface area contributed by atoms with E-state index in [1.54, 1.807) is 12.1 Å². The van der Waals surface area contributed by atoms with E-state index in [1.807, 2.05) is 0 Å². The van der Waals surface area contributed by atoms with Crippen LogP contribution in [0.4, 0.5) is 4.39 Å². The average molecular weight is 280 g/mol. The maximum Gasteiger partial charge on any atom is 0.170 e. The molecule has 0 radical (unpaired) electrons. The molecule has 0 aliphatic carbocycles. The molecule has 20 heavy (non-hydrogen) atoms. The van der Waals surface area contributed by atoms with Crippen LogP contribution in [0.3, 0.4) is 0 Å². The molecule has 0 aromatic heterocycles. The zero-order valence-electron chi connectivity index (χ0n) is 11.9. The Morgan fingerprint density at radius 1 is 1.50 bits per heavy atom. The lowest BCUT2D eigenvalue weighted by molar-refractivity contribution is 0.0928. The van der Waals surface area contributed by atoms with Crippen molar-refractivity contribution in [1.82, 2.24) is 9.80 Å². The van der Waals surface area contributed by atoms with Crippen LogP contribution in [-0.4, -0.2) is 53.6 Å². The summed E-state index contributed by atoms with van der Waals surface area (Å²) in [6.45, 7) is 5.65. The molecule has 110 valence electrons. The zero-order valence-corrected chi connectivity index (χ0v) is 11.9. The van der Waals surface area contributed by atoms with Crippen LogP contribution in [0, 0.1) is 5.82 Å². The fraction of sp³-hybridized carbons (Fsp3) is 0.500. The van der Waals surface area contributed by atoms with Crippen molar-refractivity contribution in [2.45, 2.75) is 19.5 Å². The van der Waals surface area contributed by atoms with Gasteiger partial charge in [0.05, 0.1) is 0 Å². The quantitative estimate of drug-likeness (QED) is 0.376. The maximum absolute atomic E-state index is 14.1. The van der Waals surface area contributed by atoms with Crippen LogP contribution in [0.5, 0.6) is 0 Å². The fourth-order valence-corrected chi connectivity index (χ4v) is 2.52. The van der Waals surface area contributed by atoms with Crippen molar-refractivity contribution in [3.63, 3.8) is 0 Å². The first-order valence-corrected chi connectivity index (χ1v) is 6.70. The smallest absolute Gasteiger partial charge is 0.170 e. The average Bonchev–Trinajstić information content (AvgIpc) is 2.42. The van der Waals surface area contributed by atoms with Crippen LogP contribution in [-0.2, 0) is 6.54 Å². The molecule has 1 aromatic rings. The highest BCUT2D eigenvalue weighted by Gasteiger charge is 2.22. The first-order chi connectivity index (χ1) is 9.51. The third-order valence-corrected chi connectivity index (χ3v) is 3.80. The number of hydrogen-bond donors (Lipinski definition) is 2. The molecule has 1 saturated heterocycles. The number of benzene rings is 1. The zero-order chi connectivity index (χ0) is 14.7. The fourth-order valence-electron chi connectivity index (χ4n) is 2.52. The van der Waals surface area contributed by atoms with Crippen LogP contribution in [0.1, 0.15) is 18.1 Å². The third kappa shape index (κ3) is 3.26. The molecule has 2 rings (SSSR count). The molecule has 1 aliphatic rings. The lowest BCUT2D eigenvalue weighted by Gasteiger charge is -2.38. The van der Waals surface area contributed by atoms with Gasteiger partial charge in [0.25, 0.3) is 0 Å². The number of halogens is 1. The van der Waals surface area contributed by atoms with Crippen LogP contribution >= 0.6 is 0 Å². The monoisotopic (exact) mass is 280 g/mol. The number of nitrogens with two attached hydrogens (primary N) is 1. The number of hydrogen-bond acceptors (Lipinski definition) is 4. The highest BCUT2D eigenvalue weighted by molar-refractivity contribution is 5.97. The minimum Gasteiger partial charge on any atom is -0.409 e. The normalized spacial score (nSPS) is 22.1. The van der Waals surface area contributed by atoms with Crippen LogP contribution in [0.2, 0.25) is 0 Å². The first-order valence-electron chi connectivity index (χ1n) is 6.70. The number of rotatable bonds is 3. The molecule has 0 amide bonds. The molecule has 6 heteroatoms. The number of amidine groups is 1. The van der Waals surface area contributed by atoms with Crippen LogP contribution < -0.4 is 5.73 Å². The van der Waals surface area contributed by atoms with Gasteiger partial charge in [0.1, 0.15) is 5.82 Å². The Morgan fingerprint density at radius 2 is 2.25 bits per heavy atom. The molecule has 5 nitrogen and oxygen atoms in total. The SMILES string of the molecule is CC1CN(C)CCN1Cc1ccc(/C(N)=N/O)cc1F. The minimum absolute atomic E-state index is 0.0802. The Kier molecular flexibility index (Phi) is 4.57. The second-order valence-electron chi connectivity index (χ2n) is 5.37. The predicted octanol–water partition coefficient (Wildman–Crippen LogP) is 1.06. The van der Waals surface area contributed by atoms with Crippen molar-refractivity contribution >= 4 is 5.84 Å². The first kappa shape index (κ1) is 14.7. The van der Waals surface area contributed by atoms with Crippen molar-refractivity contribution in [3.8, 4) is 0 Å². The van der Waals surface area contributed by atoms with Gasteiger partial charge in [-0.1, -0.05) is 17.3 Å². The lowest BCUT2D eigenvalue weighted by Crippen LogP contribution is -2.49. The van der Waals surface area contributed by atoms with Gasteiger partial charge in [-0.2, -0.15) is 0 Å². The molecule has 1 aliphatic heterocycles. The van der Waals surface area contributed by atoms with Gasteiger partial charge in [-0.3, -0.25) is 4.90 Å². The molecule has 0 bridgehead atoms. The highest BCUT2D eigenvalue weighted by Crippen LogP contribution is 2.16. The van der Waals surface area contributed by atoms with Gasteiger partial charge in [0, 0.05) is 43.3 Å². The molecule has 3 N–H and O–H groups in total. The second kappa shape index (κ2) is 6.19. The van der Waals surface area contributed by atoms with E-state index in [4.69, 9.17) is 10.9 Å². The Hall–Kier alpha value is -1.66.